The van der Waals surface area contributed by atoms with Crippen LogP contribution in [0.4, 0.5) is 11.4 Å². The van der Waals surface area contributed by atoms with Gasteiger partial charge >= 0.3 is 0 Å². The van der Waals surface area contributed by atoms with Crippen LogP contribution in [-0.2, 0) is 0 Å². The third kappa shape index (κ3) is 3.97. The molecule has 2 rings (SSSR count). The molecule has 0 bridgehead atoms. The average Bonchev–Trinajstić information content (AvgIpc) is 2.51. The summed E-state index contributed by atoms with van der Waals surface area (Å²) >= 11 is 0. The molecule has 0 unspecified atom stereocenters. The second-order valence-electron chi connectivity index (χ2n) is 5.18. The zero-order valence-electron chi connectivity index (χ0n) is 12.9. The molecule has 5 heteroatoms. The summed E-state index contributed by atoms with van der Waals surface area (Å²) in [5, 5.41) is 6.09. The SMILES string of the molecule is CCCCNc1ccccc1C(=O)Nc1c[nH]c(=O)c(C)c1. The number of hydrogen-bond donors (Lipinski definition) is 3. The van der Waals surface area contributed by atoms with Crippen LogP contribution < -0.4 is 16.2 Å². The normalized spacial score (nSPS) is 10.3. The Morgan fingerprint density at radius 2 is 2.05 bits per heavy atom. The molecule has 3 N–H and O–H groups in total. The van der Waals surface area contributed by atoms with Gasteiger partial charge in [0.25, 0.3) is 11.5 Å². The van der Waals surface area contributed by atoms with Crippen molar-refractivity contribution in [3.63, 3.8) is 0 Å². The maximum Gasteiger partial charge on any atom is 0.257 e. The molecule has 0 aliphatic heterocycles. The molecule has 1 amide bonds. The van der Waals surface area contributed by atoms with E-state index in [1.54, 1.807) is 19.1 Å². The van der Waals surface area contributed by atoms with Gasteiger partial charge in [-0.15, -0.1) is 0 Å². The minimum absolute atomic E-state index is 0.153. The zero-order chi connectivity index (χ0) is 15.9. The van der Waals surface area contributed by atoms with E-state index in [1.807, 2.05) is 18.2 Å². The molecular weight excluding hydrogens is 278 g/mol. The molecule has 5 nitrogen and oxygen atoms in total. The van der Waals surface area contributed by atoms with Gasteiger partial charge in [0.1, 0.15) is 0 Å². The van der Waals surface area contributed by atoms with Crippen molar-refractivity contribution in [3.8, 4) is 0 Å². The van der Waals surface area contributed by atoms with Gasteiger partial charge in [-0.1, -0.05) is 25.5 Å². The van der Waals surface area contributed by atoms with Crippen LogP contribution in [0, 0.1) is 6.92 Å². The summed E-state index contributed by atoms with van der Waals surface area (Å²) < 4.78 is 0. The number of rotatable bonds is 6. The van der Waals surface area contributed by atoms with Crippen molar-refractivity contribution in [2.45, 2.75) is 26.7 Å². The van der Waals surface area contributed by atoms with E-state index < -0.39 is 0 Å². The molecule has 1 aromatic heterocycles. The lowest BCUT2D eigenvalue weighted by Crippen LogP contribution is -2.17. The molecule has 1 aromatic carbocycles. The molecule has 0 fully saturated rings. The van der Waals surface area contributed by atoms with E-state index in [-0.39, 0.29) is 11.5 Å². The Morgan fingerprint density at radius 3 is 2.77 bits per heavy atom. The van der Waals surface area contributed by atoms with Crippen LogP contribution in [0.25, 0.3) is 0 Å². The van der Waals surface area contributed by atoms with Crippen LogP contribution in [0.1, 0.15) is 35.7 Å². The summed E-state index contributed by atoms with van der Waals surface area (Å²) in [6, 6.07) is 9.06. The first kappa shape index (κ1) is 15.8. The van der Waals surface area contributed by atoms with Gasteiger partial charge in [-0.3, -0.25) is 9.59 Å². The number of hydrogen-bond acceptors (Lipinski definition) is 3. The highest BCUT2D eigenvalue weighted by Gasteiger charge is 2.11. The molecule has 0 saturated heterocycles. The number of aromatic amines is 1. The van der Waals surface area contributed by atoms with E-state index in [2.05, 4.69) is 22.5 Å². The topological polar surface area (TPSA) is 74.0 Å². The van der Waals surface area contributed by atoms with Crippen molar-refractivity contribution in [2.75, 3.05) is 17.2 Å². The number of anilines is 2. The fourth-order valence-electron chi connectivity index (χ4n) is 2.10. The van der Waals surface area contributed by atoms with Gasteiger partial charge < -0.3 is 15.6 Å². The van der Waals surface area contributed by atoms with Crippen LogP contribution >= 0.6 is 0 Å². The fourth-order valence-corrected chi connectivity index (χ4v) is 2.10. The molecule has 0 atom stereocenters. The number of carbonyl (C=O) groups is 1. The van der Waals surface area contributed by atoms with Crippen LogP contribution in [0.15, 0.2) is 41.3 Å². The largest absolute Gasteiger partial charge is 0.384 e. The fraction of sp³-hybridized carbons (Fsp3) is 0.294. The van der Waals surface area contributed by atoms with E-state index in [0.29, 0.717) is 16.8 Å². The lowest BCUT2D eigenvalue weighted by atomic mass is 10.1. The Kier molecular flexibility index (Phi) is 5.36. The molecular formula is C17H21N3O2. The third-order valence-electron chi connectivity index (χ3n) is 3.36. The highest BCUT2D eigenvalue weighted by molar-refractivity contribution is 6.08. The minimum atomic E-state index is -0.203. The van der Waals surface area contributed by atoms with Gasteiger partial charge in [-0.05, 0) is 31.5 Å². The lowest BCUT2D eigenvalue weighted by Gasteiger charge is -2.12. The first-order valence-corrected chi connectivity index (χ1v) is 7.45. The van der Waals surface area contributed by atoms with Crippen LogP contribution in [0.5, 0.6) is 0 Å². The quantitative estimate of drug-likeness (QED) is 0.717. The summed E-state index contributed by atoms with van der Waals surface area (Å²) in [6.45, 7) is 4.66. The molecule has 0 radical (unpaired) electrons. The number of pyridine rings is 1. The van der Waals surface area contributed by atoms with Crippen LogP contribution in [0.3, 0.4) is 0 Å². The Labute approximate surface area is 129 Å². The summed E-state index contributed by atoms with van der Waals surface area (Å²) in [5.74, 6) is -0.203. The third-order valence-corrected chi connectivity index (χ3v) is 3.36. The van der Waals surface area contributed by atoms with Crippen molar-refractivity contribution in [2.24, 2.45) is 0 Å². The number of unbranched alkanes of at least 4 members (excludes halogenated alkanes) is 1. The molecule has 2 aromatic rings. The maximum atomic E-state index is 12.4. The predicted octanol–water partition coefficient (Wildman–Crippen LogP) is 3.15. The summed E-state index contributed by atoms with van der Waals surface area (Å²) in [5.41, 5.74) is 2.38. The predicted molar refractivity (Wildman–Crippen MR) is 89.6 cm³/mol. The number of nitrogens with one attached hydrogen (secondary N) is 3. The molecule has 0 saturated carbocycles. The van der Waals surface area contributed by atoms with Gasteiger partial charge in [0.15, 0.2) is 0 Å². The highest BCUT2D eigenvalue weighted by Crippen LogP contribution is 2.17. The van der Waals surface area contributed by atoms with Gasteiger partial charge in [0.2, 0.25) is 0 Å². The van der Waals surface area contributed by atoms with Gasteiger partial charge in [0, 0.05) is 24.0 Å². The molecule has 1 heterocycles. The summed E-state index contributed by atoms with van der Waals surface area (Å²) in [7, 11) is 0. The number of H-pyrrole nitrogens is 1. The second-order valence-corrected chi connectivity index (χ2v) is 5.18. The zero-order valence-corrected chi connectivity index (χ0v) is 12.9. The molecule has 0 aliphatic rings. The van der Waals surface area contributed by atoms with Gasteiger partial charge in [0.05, 0.1) is 11.3 Å². The first-order chi connectivity index (χ1) is 10.6. The molecule has 22 heavy (non-hydrogen) atoms. The van der Waals surface area contributed by atoms with Crippen LogP contribution in [0.2, 0.25) is 0 Å². The summed E-state index contributed by atoms with van der Waals surface area (Å²) in [4.78, 5) is 26.4. The minimum Gasteiger partial charge on any atom is -0.384 e. The number of aryl methyl sites for hydroxylation is 1. The Hall–Kier alpha value is -2.56. The number of aromatic nitrogens is 1. The molecule has 0 aliphatic carbocycles. The lowest BCUT2D eigenvalue weighted by molar-refractivity contribution is 0.102. The van der Waals surface area contributed by atoms with Gasteiger partial charge in [-0.2, -0.15) is 0 Å². The molecule has 116 valence electrons. The smallest absolute Gasteiger partial charge is 0.257 e. The van der Waals surface area contributed by atoms with Gasteiger partial charge in [-0.25, -0.2) is 0 Å². The maximum absolute atomic E-state index is 12.4. The number of para-hydroxylation sites is 1. The standard InChI is InChI=1S/C17H21N3O2/c1-3-4-9-18-15-8-6-5-7-14(15)17(22)20-13-10-12(2)16(21)19-11-13/h5-8,10-11,18H,3-4,9H2,1-2H3,(H,19,21)(H,20,22). The highest BCUT2D eigenvalue weighted by atomic mass is 16.1. The van der Waals surface area contributed by atoms with Crippen LogP contribution in [-0.4, -0.2) is 17.4 Å². The number of carbonyl (C=O) groups excluding carboxylic acids is 1. The monoisotopic (exact) mass is 299 g/mol. The Bertz CT molecular complexity index is 707. The average molecular weight is 299 g/mol. The number of amides is 1. The van der Waals surface area contributed by atoms with Crippen molar-refractivity contribution in [3.05, 3.63) is 58.0 Å². The van der Waals surface area contributed by atoms with E-state index in [0.717, 1.165) is 25.1 Å². The Morgan fingerprint density at radius 1 is 1.27 bits per heavy atom. The molecule has 0 spiro atoms. The van der Waals surface area contributed by atoms with E-state index in [9.17, 15) is 9.59 Å². The first-order valence-electron chi connectivity index (χ1n) is 7.45. The van der Waals surface area contributed by atoms with Crippen molar-refractivity contribution < 1.29 is 4.79 Å². The van der Waals surface area contributed by atoms with E-state index in [4.69, 9.17) is 0 Å². The van der Waals surface area contributed by atoms with E-state index >= 15 is 0 Å². The van der Waals surface area contributed by atoms with Crippen molar-refractivity contribution >= 4 is 17.3 Å². The Balaban J connectivity index is 2.15. The summed E-state index contributed by atoms with van der Waals surface area (Å²) in [6.07, 6.45) is 3.65. The van der Waals surface area contributed by atoms with Crippen molar-refractivity contribution in [1.29, 1.82) is 0 Å². The number of benzene rings is 1. The second kappa shape index (κ2) is 7.45. The van der Waals surface area contributed by atoms with E-state index in [1.165, 1.54) is 6.20 Å². The van der Waals surface area contributed by atoms with Crippen molar-refractivity contribution in [1.82, 2.24) is 4.98 Å².